The maximum atomic E-state index is 14.3. The van der Waals surface area contributed by atoms with Crippen molar-refractivity contribution in [2.24, 2.45) is 0 Å². The minimum atomic E-state index is -1.72. The maximum absolute atomic E-state index is 14.3. The van der Waals surface area contributed by atoms with Gasteiger partial charge in [-0.15, -0.1) is 0 Å². The molecule has 0 radical (unpaired) electrons. The van der Waals surface area contributed by atoms with Gasteiger partial charge in [-0.25, -0.2) is 4.79 Å². The normalized spacial score (nSPS) is 25.0. The molecule has 10 nitrogen and oxygen atoms in total. The molecule has 3 aliphatic rings. The molecule has 0 spiro atoms. The van der Waals surface area contributed by atoms with E-state index >= 15 is 0 Å². The highest BCUT2D eigenvalue weighted by atomic mass is 16.6. The molecule has 5 rings (SSSR count). The highest BCUT2D eigenvalue weighted by molar-refractivity contribution is 6.43. The van der Waals surface area contributed by atoms with Crippen molar-refractivity contribution in [2.75, 3.05) is 6.54 Å². The van der Waals surface area contributed by atoms with Crippen LogP contribution < -0.4 is 10.6 Å². The Morgan fingerprint density at radius 2 is 1.56 bits per heavy atom. The highest BCUT2D eigenvalue weighted by Gasteiger charge is 2.44. The lowest BCUT2D eigenvalue weighted by atomic mass is 9.76. The van der Waals surface area contributed by atoms with Gasteiger partial charge in [-0.1, -0.05) is 93.5 Å². The summed E-state index contributed by atoms with van der Waals surface area (Å²) in [6.07, 6.45) is 6.87. The number of aryl methyl sites for hydroxylation is 1. The van der Waals surface area contributed by atoms with E-state index in [2.05, 4.69) is 10.6 Å². The number of carbonyl (C=O) groups excluding carboxylic acids is 3. The molecule has 0 aliphatic carbocycles. The minimum absolute atomic E-state index is 0.0956. The van der Waals surface area contributed by atoms with Crippen molar-refractivity contribution >= 4 is 25.0 Å². The zero-order valence-corrected chi connectivity index (χ0v) is 26.3. The summed E-state index contributed by atoms with van der Waals surface area (Å²) in [4.78, 5) is 44.4. The number of benzene rings is 2. The monoisotopic (exact) mass is 618 g/mol. The van der Waals surface area contributed by atoms with Crippen molar-refractivity contribution in [3.8, 4) is 0 Å². The van der Waals surface area contributed by atoms with E-state index in [1.165, 1.54) is 4.90 Å². The number of amides is 3. The molecule has 0 bridgehead atoms. The van der Waals surface area contributed by atoms with Gasteiger partial charge in [0.05, 0.1) is 18.5 Å². The van der Waals surface area contributed by atoms with Gasteiger partial charge < -0.3 is 30.3 Å². The second-order valence-electron chi connectivity index (χ2n) is 12.8. The number of carbonyl (C=O) groups is 3. The Labute approximate surface area is 266 Å². The van der Waals surface area contributed by atoms with Crippen molar-refractivity contribution in [2.45, 2.75) is 115 Å². The molecule has 0 unspecified atom stereocenters. The van der Waals surface area contributed by atoms with E-state index in [-0.39, 0.29) is 18.9 Å². The molecule has 242 valence electrons. The average molecular weight is 619 g/mol. The molecule has 3 aliphatic heterocycles. The number of nitrogens with one attached hydrogen (secondary N) is 2. The van der Waals surface area contributed by atoms with Gasteiger partial charge in [-0.05, 0) is 42.0 Å². The molecule has 2 fully saturated rings. The Hall–Kier alpha value is -3.41. The van der Waals surface area contributed by atoms with Crippen LogP contribution in [-0.2, 0) is 34.0 Å². The third-order valence-electron chi connectivity index (χ3n) is 9.51. The number of hydrogen-bond donors (Lipinski definition) is 4. The predicted molar refractivity (Wildman–Crippen MR) is 172 cm³/mol. The lowest BCUT2D eigenvalue weighted by molar-refractivity contribution is -0.140. The van der Waals surface area contributed by atoms with Crippen molar-refractivity contribution in [1.82, 2.24) is 20.4 Å². The number of nitrogens with zero attached hydrogens (tertiary/aromatic N) is 2. The van der Waals surface area contributed by atoms with E-state index in [0.717, 1.165) is 67.2 Å². The number of rotatable bonds is 5. The largest absolute Gasteiger partial charge is 0.475 e. The zero-order valence-electron chi connectivity index (χ0n) is 26.3. The van der Waals surface area contributed by atoms with Crippen LogP contribution in [0.3, 0.4) is 0 Å². The van der Waals surface area contributed by atoms with Crippen LogP contribution in [0.1, 0.15) is 86.5 Å². The van der Waals surface area contributed by atoms with Crippen molar-refractivity contribution in [3.05, 3.63) is 70.8 Å². The summed E-state index contributed by atoms with van der Waals surface area (Å²) in [5.41, 5.74) is 4.39. The minimum Gasteiger partial charge on any atom is -0.444 e. The second kappa shape index (κ2) is 15.7. The fourth-order valence-electron chi connectivity index (χ4n) is 6.78. The molecule has 3 heterocycles. The molecule has 2 aromatic rings. The van der Waals surface area contributed by atoms with Gasteiger partial charge in [-0.2, -0.15) is 0 Å². The zero-order chi connectivity index (χ0) is 31.8. The van der Waals surface area contributed by atoms with Crippen LogP contribution >= 0.6 is 0 Å². The first-order valence-corrected chi connectivity index (χ1v) is 16.6. The third kappa shape index (κ3) is 8.65. The molecule has 4 N–H and O–H groups in total. The Balaban J connectivity index is 1.34. The summed E-state index contributed by atoms with van der Waals surface area (Å²) in [5.74, 6) is -1.51. The summed E-state index contributed by atoms with van der Waals surface area (Å²) in [5, 5.41) is 26.4. The Bertz CT molecular complexity index is 1300. The molecular formula is C34H47BN4O6. The van der Waals surface area contributed by atoms with Crippen molar-refractivity contribution in [1.29, 1.82) is 0 Å². The SMILES string of the molecule is Cc1ccccc1CN[C@H]1CCCCCCCCC[C@@H](B(O)O)NC(=O)[C@@H]2C[C@@H](OC(=O)N3Cc4ccccc4C3)CN2C1=O. The Kier molecular flexibility index (Phi) is 11.5. The van der Waals surface area contributed by atoms with E-state index in [4.69, 9.17) is 4.74 Å². The standard InChI is InChI=1S/C34H47BN4O6/c1-24-13-9-10-14-25(24)20-36-29-17-7-5-3-2-4-6-8-18-31(35(43)44)37-32(40)30-19-28(23-39(30)33(29)41)45-34(42)38-21-26-15-11-12-16-27(26)22-38/h9-16,28-31,36,43-44H,2-8,17-23H2,1H3,(H,37,40)/t28-,29+,30+,31+/m1/s1. The summed E-state index contributed by atoms with van der Waals surface area (Å²) in [6.45, 7) is 3.56. The second-order valence-corrected chi connectivity index (χ2v) is 12.8. The maximum Gasteiger partial charge on any atom is 0.475 e. The molecule has 2 saturated heterocycles. The number of hydrogen-bond acceptors (Lipinski definition) is 7. The summed E-state index contributed by atoms with van der Waals surface area (Å²) in [6, 6.07) is 14.5. The highest BCUT2D eigenvalue weighted by Crippen LogP contribution is 2.27. The van der Waals surface area contributed by atoms with Crippen LogP contribution in [0.25, 0.3) is 0 Å². The molecule has 45 heavy (non-hydrogen) atoms. The molecule has 0 saturated carbocycles. The quantitative estimate of drug-likeness (QED) is 0.377. The van der Waals surface area contributed by atoms with E-state index < -0.39 is 43.2 Å². The fraction of sp³-hybridized carbons (Fsp3) is 0.559. The van der Waals surface area contributed by atoms with Gasteiger partial charge in [0.2, 0.25) is 11.8 Å². The summed E-state index contributed by atoms with van der Waals surface area (Å²) >= 11 is 0. The predicted octanol–water partition coefficient (Wildman–Crippen LogP) is 3.60. The lowest BCUT2D eigenvalue weighted by Crippen LogP contribution is -2.56. The van der Waals surface area contributed by atoms with Crippen molar-refractivity contribution in [3.63, 3.8) is 0 Å². The van der Waals surface area contributed by atoms with Gasteiger partial charge in [0, 0.05) is 26.1 Å². The van der Waals surface area contributed by atoms with Gasteiger partial charge in [0.25, 0.3) is 0 Å². The smallest absolute Gasteiger partial charge is 0.444 e. The Morgan fingerprint density at radius 1 is 0.933 bits per heavy atom. The summed E-state index contributed by atoms with van der Waals surface area (Å²) in [7, 11) is -1.72. The van der Waals surface area contributed by atoms with Gasteiger partial charge in [0.15, 0.2) is 0 Å². The fourth-order valence-corrected chi connectivity index (χ4v) is 6.78. The van der Waals surface area contributed by atoms with Crippen molar-refractivity contribution < 1.29 is 29.2 Å². The average Bonchev–Trinajstić information content (AvgIpc) is 3.66. The first-order valence-electron chi connectivity index (χ1n) is 16.6. The first-order chi connectivity index (χ1) is 21.8. The first kappa shape index (κ1) is 33.0. The topological polar surface area (TPSA) is 131 Å². The van der Waals surface area contributed by atoms with Crippen LogP contribution in [0.4, 0.5) is 4.79 Å². The summed E-state index contributed by atoms with van der Waals surface area (Å²) < 4.78 is 5.93. The molecule has 2 aromatic carbocycles. The molecule has 4 atom stereocenters. The molecule has 3 amide bonds. The van der Waals surface area contributed by atoms with Gasteiger partial charge in [-0.3, -0.25) is 14.5 Å². The van der Waals surface area contributed by atoms with Gasteiger partial charge in [0.1, 0.15) is 12.1 Å². The van der Waals surface area contributed by atoms with E-state index in [1.807, 2.05) is 55.5 Å². The van der Waals surface area contributed by atoms with E-state index in [0.29, 0.717) is 32.5 Å². The number of fused-ring (bicyclic) bond motifs is 2. The molecular weight excluding hydrogens is 571 g/mol. The van der Waals surface area contributed by atoms with Crippen LogP contribution in [0.5, 0.6) is 0 Å². The van der Waals surface area contributed by atoms with E-state index in [1.54, 1.807) is 4.90 Å². The van der Waals surface area contributed by atoms with Gasteiger partial charge >= 0.3 is 13.2 Å². The molecule has 11 heteroatoms. The number of ether oxygens (including phenoxy) is 1. The van der Waals surface area contributed by atoms with Crippen LogP contribution in [-0.4, -0.2) is 75.5 Å². The van der Waals surface area contributed by atoms with Crippen LogP contribution in [0.15, 0.2) is 48.5 Å². The van der Waals surface area contributed by atoms with Crippen LogP contribution in [0.2, 0.25) is 0 Å². The Morgan fingerprint density at radius 3 is 2.22 bits per heavy atom. The molecule has 0 aromatic heterocycles. The van der Waals surface area contributed by atoms with E-state index in [9.17, 15) is 24.4 Å². The third-order valence-corrected chi connectivity index (χ3v) is 9.51. The van der Waals surface area contributed by atoms with Crippen LogP contribution in [0, 0.1) is 6.92 Å². The lowest BCUT2D eigenvalue weighted by Gasteiger charge is -2.30.